The largest absolute Gasteiger partial charge is 0.480 e. The van der Waals surface area contributed by atoms with Gasteiger partial charge in [0.2, 0.25) is 5.91 Å². The van der Waals surface area contributed by atoms with Gasteiger partial charge in [-0.1, -0.05) is 32.0 Å². The number of benzene rings is 1. The van der Waals surface area contributed by atoms with E-state index in [-0.39, 0.29) is 18.4 Å². The number of nitrogens with zero attached hydrogens (tertiary/aromatic N) is 1. The standard InChI is InChI=1S/C14H20N2O3/c1-3-15-9-11(2)14(19)16(10-13(17)18)12-7-5-4-6-8-12/h4-8,11,15H,3,9-10H2,1-2H3,(H,17,18). The van der Waals surface area contributed by atoms with Crippen molar-refractivity contribution in [3.05, 3.63) is 30.3 Å². The number of carbonyl (C=O) groups is 2. The molecule has 1 amide bonds. The number of amides is 1. The third-order valence-corrected chi connectivity index (χ3v) is 2.75. The van der Waals surface area contributed by atoms with Gasteiger partial charge in [0.15, 0.2) is 0 Å². The number of carboxylic acids is 1. The summed E-state index contributed by atoms with van der Waals surface area (Å²) in [6.07, 6.45) is 0. The van der Waals surface area contributed by atoms with Crippen LogP contribution in [0.5, 0.6) is 0 Å². The third-order valence-electron chi connectivity index (χ3n) is 2.75. The van der Waals surface area contributed by atoms with Crippen LogP contribution >= 0.6 is 0 Å². The lowest BCUT2D eigenvalue weighted by atomic mass is 10.1. The van der Waals surface area contributed by atoms with Gasteiger partial charge >= 0.3 is 5.97 Å². The molecule has 0 bridgehead atoms. The molecule has 0 aromatic heterocycles. The molecule has 0 aliphatic heterocycles. The van der Waals surface area contributed by atoms with Crippen LogP contribution in [0.15, 0.2) is 30.3 Å². The Kier molecular flexibility index (Phi) is 6.02. The van der Waals surface area contributed by atoms with E-state index >= 15 is 0 Å². The number of hydrogen-bond donors (Lipinski definition) is 2. The minimum absolute atomic E-state index is 0.186. The van der Waals surface area contributed by atoms with Crippen molar-refractivity contribution in [2.45, 2.75) is 13.8 Å². The van der Waals surface area contributed by atoms with E-state index < -0.39 is 5.97 Å². The molecule has 1 aromatic carbocycles. The molecule has 0 radical (unpaired) electrons. The summed E-state index contributed by atoms with van der Waals surface area (Å²) in [5, 5.41) is 12.0. The van der Waals surface area contributed by atoms with Crippen LogP contribution in [0.3, 0.4) is 0 Å². The van der Waals surface area contributed by atoms with Gasteiger partial charge in [0.25, 0.3) is 0 Å². The fourth-order valence-electron chi connectivity index (χ4n) is 1.75. The normalized spacial score (nSPS) is 11.9. The zero-order chi connectivity index (χ0) is 14.3. The molecule has 0 saturated heterocycles. The van der Waals surface area contributed by atoms with Gasteiger partial charge in [-0.15, -0.1) is 0 Å². The van der Waals surface area contributed by atoms with E-state index in [1.165, 1.54) is 4.90 Å². The molecule has 5 nitrogen and oxygen atoms in total. The Hall–Kier alpha value is -1.88. The lowest BCUT2D eigenvalue weighted by Crippen LogP contribution is -2.42. The lowest BCUT2D eigenvalue weighted by Gasteiger charge is -2.24. The third kappa shape index (κ3) is 4.71. The Morgan fingerprint density at radius 3 is 2.47 bits per heavy atom. The van der Waals surface area contributed by atoms with E-state index in [2.05, 4.69) is 5.32 Å². The molecule has 0 saturated carbocycles. The predicted octanol–water partition coefficient (Wildman–Crippen LogP) is 1.35. The Balaban J connectivity index is 2.85. The molecule has 0 aliphatic carbocycles. The molecule has 0 fully saturated rings. The smallest absolute Gasteiger partial charge is 0.323 e. The maximum Gasteiger partial charge on any atom is 0.323 e. The summed E-state index contributed by atoms with van der Waals surface area (Å²) >= 11 is 0. The number of carboxylic acid groups (broad SMARTS) is 1. The molecule has 1 rings (SSSR count). The molecule has 19 heavy (non-hydrogen) atoms. The molecule has 1 unspecified atom stereocenters. The van der Waals surface area contributed by atoms with Gasteiger partial charge in [0.1, 0.15) is 6.54 Å². The first-order valence-corrected chi connectivity index (χ1v) is 6.35. The molecule has 0 spiro atoms. The summed E-state index contributed by atoms with van der Waals surface area (Å²) in [7, 11) is 0. The van der Waals surface area contributed by atoms with Gasteiger partial charge in [0, 0.05) is 18.2 Å². The number of anilines is 1. The van der Waals surface area contributed by atoms with Crippen LogP contribution in [0.4, 0.5) is 5.69 Å². The number of para-hydroxylation sites is 1. The predicted molar refractivity (Wildman–Crippen MR) is 74.1 cm³/mol. The number of carbonyl (C=O) groups excluding carboxylic acids is 1. The van der Waals surface area contributed by atoms with E-state index in [1.54, 1.807) is 31.2 Å². The second kappa shape index (κ2) is 7.53. The summed E-state index contributed by atoms with van der Waals surface area (Å²) in [6, 6.07) is 8.87. The molecule has 1 atom stereocenters. The monoisotopic (exact) mass is 264 g/mol. The fraction of sp³-hybridized carbons (Fsp3) is 0.429. The van der Waals surface area contributed by atoms with E-state index in [4.69, 9.17) is 5.11 Å². The summed E-state index contributed by atoms with van der Waals surface area (Å²) in [4.78, 5) is 24.5. The Morgan fingerprint density at radius 2 is 1.95 bits per heavy atom. The molecule has 104 valence electrons. The highest BCUT2D eigenvalue weighted by Gasteiger charge is 2.23. The second-order valence-electron chi connectivity index (χ2n) is 4.36. The van der Waals surface area contributed by atoms with Gasteiger partial charge in [-0.25, -0.2) is 0 Å². The highest BCUT2D eigenvalue weighted by molar-refractivity contribution is 5.98. The van der Waals surface area contributed by atoms with E-state index in [9.17, 15) is 9.59 Å². The number of rotatable bonds is 7. The minimum Gasteiger partial charge on any atom is -0.480 e. The van der Waals surface area contributed by atoms with Crippen LogP contribution in [-0.4, -0.2) is 36.6 Å². The average molecular weight is 264 g/mol. The fourth-order valence-corrected chi connectivity index (χ4v) is 1.75. The van der Waals surface area contributed by atoms with Crippen molar-refractivity contribution in [3.63, 3.8) is 0 Å². The maximum atomic E-state index is 12.3. The van der Waals surface area contributed by atoms with Crippen molar-refractivity contribution < 1.29 is 14.7 Å². The zero-order valence-corrected chi connectivity index (χ0v) is 11.3. The number of aliphatic carboxylic acids is 1. The van der Waals surface area contributed by atoms with Crippen molar-refractivity contribution >= 4 is 17.6 Å². The van der Waals surface area contributed by atoms with Crippen LogP contribution < -0.4 is 10.2 Å². The summed E-state index contributed by atoms with van der Waals surface area (Å²) in [5.41, 5.74) is 0.609. The molecule has 5 heteroatoms. The summed E-state index contributed by atoms with van der Waals surface area (Å²) in [6.45, 7) is 4.76. The van der Waals surface area contributed by atoms with Crippen molar-refractivity contribution in [2.75, 3.05) is 24.5 Å². The van der Waals surface area contributed by atoms with Crippen molar-refractivity contribution in [1.29, 1.82) is 0 Å². The Bertz CT molecular complexity index is 420. The van der Waals surface area contributed by atoms with Crippen LogP contribution in [-0.2, 0) is 9.59 Å². The number of nitrogens with one attached hydrogen (secondary N) is 1. The molecule has 2 N–H and O–H groups in total. The summed E-state index contributed by atoms with van der Waals surface area (Å²) in [5.74, 6) is -1.47. The SMILES string of the molecule is CCNCC(C)C(=O)N(CC(=O)O)c1ccccc1. The Morgan fingerprint density at radius 1 is 1.32 bits per heavy atom. The summed E-state index contributed by atoms with van der Waals surface area (Å²) < 4.78 is 0. The lowest BCUT2D eigenvalue weighted by molar-refractivity contribution is -0.137. The van der Waals surface area contributed by atoms with E-state index in [0.717, 1.165) is 6.54 Å². The van der Waals surface area contributed by atoms with Crippen molar-refractivity contribution in [3.8, 4) is 0 Å². The van der Waals surface area contributed by atoms with Gasteiger partial charge < -0.3 is 15.3 Å². The second-order valence-corrected chi connectivity index (χ2v) is 4.36. The number of hydrogen-bond acceptors (Lipinski definition) is 3. The highest BCUT2D eigenvalue weighted by atomic mass is 16.4. The van der Waals surface area contributed by atoms with Gasteiger partial charge in [-0.05, 0) is 18.7 Å². The van der Waals surface area contributed by atoms with Gasteiger partial charge in [-0.3, -0.25) is 9.59 Å². The Labute approximate surface area is 113 Å². The molecule has 1 aromatic rings. The maximum absolute atomic E-state index is 12.3. The van der Waals surface area contributed by atoms with E-state index in [0.29, 0.717) is 12.2 Å². The topological polar surface area (TPSA) is 69.6 Å². The molecule has 0 aliphatic rings. The van der Waals surface area contributed by atoms with Crippen LogP contribution in [0.25, 0.3) is 0 Å². The first-order valence-electron chi connectivity index (χ1n) is 6.35. The zero-order valence-electron chi connectivity index (χ0n) is 11.3. The van der Waals surface area contributed by atoms with Crippen LogP contribution in [0.2, 0.25) is 0 Å². The van der Waals surface area contributed by atoms with Gasteiger partial charge in [-0.2, -0.15) is 0 Å². The van der Waals surface area contributed by atoms with E-state index in [1.807, 2.05) is 13.0 Å². The van der Waals surface area contributed by atoms with Gasteiger partial charge in [0.05, 0.1) is 0 Å². The molecule has 0 heterocycles. The minimum atomic E-state index is -1.02. The average Bonchev–Trinajstić information content (AvgIpc) is 2.42. The molecular weight excluding hydrogens is 244 g/mol. The molecular formula is C14H20N2O3. The van der Waals surface area contributed by atoms with Crippen LogP contribution in [0, 0.1) is 5.92 Å². The first-order chi connectivity index (χ1) is 9.06. The highest BCUT2D eigenvalue weighted by Crippen LogP contribution is 2.16. The van der Waals surface area contributed by atoms with Crippen molar-refractivity contribution in [2.24, 2.45) is 5.92 Å². The van der Waals surface area contributed by atoms with Crippen LogP contribution in [0.1, 0.15) is 13.8 Å². The van der Waals surface area contributed by atoms with Crippen molar-refractivity contribution in [1.82, 2.24) is 5.32 Å². The quantitative estimate of drug-likeness (QED) is 0.780. The first kappa shape index (κ1) is 15.2.